The lowest BCUT2D eigenvalue weighted by Crippen LogP contribution is -2.27. The second-order valence-electron chi connectivity index (χ2n) is 4.99. The number of aryl methyl sites for hydroxylation is 1. The van der Waals surface area contributed by atoms with Gasteiger partial charge in [0.05, 0.1) is 4.90 Å². The molecule has 1 aliphatic rings. The second-order valence-corrected chi connectivity index (χ2v) is 8.13. The van der Waals surface area contributed by atoms with Crippen LogP contribution < -0.4 is 4.72 Å². The molecule has 118 valence electrons. The number of benzene rings is 1. The van der Waals surface area contributed by atoms with Crippen molar-refractivity contribution in [3.63, 3.8) is 0 Å². The summed E-state index contributed by atoms with van der Waals surface area (Å²) in [4.78, 5) is 0.139. The standard InChI is InChI=1S/C14H20FNO3S2/c1-11-10-12(15)2-3-14(11)21(17,18)16-6-9-20-13-4-7-19-8-5-13/h2-3,10,13,16H,4-9H2,1H3. The molecule has 4 nitrogen and oxygen atoms in total. The Hall–Kier alpha value is -0.630. The van der Waals surface area contributed by atoms with Gasteiger partial charge in [-0.05, 0) is 43.5 Å². The highest BCUT2D eigenvalue weighted by Gasteiger charge is 2.18. The quantitative estimate of drug-likeness (QED) is 0.812. The van der Waals surface area contributed by atoms with E-state index in [9.17, 15) is 12.8 Å². The van der Waals surface area contributed by atoms with Gasteiger partial charge in [-0.2, -0.15) is 11.8 Å². The summed E-state index contributed by atoms with van der Waals surface area (Å²) >= 11 is 1.77. The highest BCUT2D eigenvalue weighted by atomic mass is 32.2. The van der Waals surface area contributed by atoms with Crippen LogP contribution in [-0.2, 0) is 14.8 Å². The van der Waals surface area contributed by atoms with Crippen LogP contribution in [-0.4, -0.2) is 39.2 Å². The molecule has 1 fully saturated rings. The topological polar surface area (TPSA) is 55.4 Å². The molecule has 0 amide bonds. The molecule has 1 aliphatic heterocycles. The van der Waals surface area contributed by atoms with Crippen LogP contribution in [0.15, 0.2) is 23.1 Å². The van der Waals surface area contributed by atoms with E-state index in [1.54, 1.807) is 18.7 Å². The van der Waals surface area contributed by atoms with Gasteiger partial charge in [0, 0.05) is 30.8 Å². The average molecular weight is 333 g/mol. The molecule has 1 N–H and O–H groups in total. The van der Waals surface area contributed by atoms with Gasteiger partial charge in [-0.3, -0.25) is 0 Å². The number of thioether (sulfide) groups is 1. The van der Waals surface area contributed by atoms with Gasteiger partial charge in [0.2, 0.25) is 10.0 Å². The molecule has 1 aromatic rings. The van der Waals surface area contributed by atoms with E-state index in [1.165, 1.54) is 18.2 Å². The van der Waals surface area contributed by atoms with Crippen molar-refractivity contribution in [1.82, 2.24) is 4.72 Å². The highest BCUT2D eigenvalue weighted by Crippen LogP contribution is 2.21. The third-order valence-electron chi connectivity index (χ3n) is 3.34. The van der Waals surface area contributed by atoms with Gasteiger partial charge in [0.25, 0.3) is 0 Å². The average Bonchev–Trinajstić information content (AvgIpc) is 2.44. The van der Waals surface area contributed by atoms with Gasteiger partial charge in [-0.15, -0.1) is 0 Å². The third-order valence-corrected chi connectivity index (χ3v) is 6.35. The number of sulfonamides is 1. The van der Waals surface area contributed by atoms with Crippen molar-refractivity contribution < 1.29 is 17.5 Å². The Labute approximate surface area is 129 Å². The Kier molecular flexibility index (Phi) is 6.04. The molecule has 0 aliphatic carbocycles. The lowest BCUT2D eigenvalue weighted by Gasteiger charge is -2.21. The van der Waals surface area contributed by atoms with Gasteiger partial charge < -0.3 is 4.74 Å². The zero-order chi connectivity index (χ0) is 15.3. The fourth-order valence-corrected chi connectivity index (χ4v) is 4.70. The molecule has 0 spiro atoms. The zero-order valence-corrected chi connectivity index (χ0v) is 13.6. The van der Waals surface area contributed by atoms with E-state index in [-0.39, 0.29) is 4.90 Å². The van der Waals surface area contributed by atoms with E-state index in [0.29, 0.717) is 17.4 Å². The number of rotatable bonds is 6. The smallest absolute Gasteiger partial charge is 0.240 e. The number of hydrogen-bond donors (Lipinski definition) is 1. The van der Waals surface area contributed by atoms with E-state index in [1.807, 2.05) is 0 Å². The van der Waals surface area contributed by atoms with Gasteiger partial charge in [-0.25, -0.2) is 17.5 Å². The Morgan fingerprint density at radius 3 is 2.76 bits per heavy atom. The largest absolute Gasteiger partial charge is 0.381 e. The summed E-state index contributed by atoms with van der Waals surface area (Å²) in [5.74, 6) is 0.297. The summed E-state index contributed by atoms with van der Waals surface area (Å²) < 4.78 is 45.2. The fraction of sp³-hybridized carbons (Fsp3) is 0.571. The Bertz CT molecular complexity index is 572. The van der Waals surface area contributed by atoms with Gasteiger partial charge in [0.1, 0.15) is 5.82 Å². The second kappa shape index (κ2) is 7.58. The van der Waals surface area contributed by atoms with E-state index < -0.39 is 15.8 Å². The van der Waals surface area contributed by atoms with Crippen LogP contribution in [0.5, 0.6) is 0 Å². The first kappa shape index (κ1) is 16.7. The number of halogens is 1. The summed E-state index contributed by atoms with van der Waals surface area (Å²) in [6, 6.07) is 3.70. The molecule has 0 atom stereocenters. The number of hydrogen-bond acceptors (Lipinski definition) is 4. The predicted molar refractivity (Wildman–Crippen MR) is 82.6 cm³/mol. The fourth-order valence-electron chi connectivity index (χ4n) is 2.24. The molecule has 7 heteroatoms. The molecule has 1 saturated heterocycles. The molecule has 1 aromatic carbocycles. The molecule has 0 aromatic heterocycles. The van der Waals surface area contributed by atoms with Crippen LogP contribution in [0.1, 0.15) is 18.4 Å². The van der Waals surface area contributed by atoms with Crippen molar-refractivity contribution >= 4 is 21.8 Å². The van der Waals surface area contributed by atoms with Crippen LogP contribution in [0.4, 0.5) is 4.39 Å². The van der Waals surface area contributed by atoms with Gasteiger partial charge in [-0.1, -0.05) is 0 Å². The summed E-state index contributed by atoms with van der Waals surface area (Å²) in [6.07, 6.45) is 2.04. The van der Waals surface area contributed by atoms with Crippen LogP contribution in [0.2, 0.25) is 0 Å². The molecular formula is C14H20FNO3S2. The minimum absolute atomic E-state index is 0.139. The van der Waals surface area contributed by atoms with Crippen LogP contribution >= 0.6 is 11.8 Å². The van der Waals surface area contributed by atoms with E-state index in [2.05, 4.69) is 4.72 Å². The van der Waals surface area contributed by atoms with Gasteiger partial charge in [0.15, 0.2) is 0 Å². The van der Waals surface area contributed by atoms with Crippen molar-refractivity contribution in [2.24, 2.45) is 0 Å². The lowest BCUT2D eigenvalue weighted by molar-refractivity contribution is 0.100. The monoisotopic (exact) mass is 333 g/mol. The molecule has 0 saturated carbocycles. The van der Waals surface area contributed by atoms with E-state index in [0.717, 1.165) is 31.8 Å². The molecular weight excluding hydrogens is 313 g/mol. The summed E-state index contributed by atoms with van der Waals surface area (Å²) in [7, 11) is -3.57. The van der Waals surface area contributed by atoms with Crippen molar-refractivity contribution in [2.75, 3.05) is 25.5 Å². The maximum absolute atomic E-state index is 13.0. The van der Waals surface area contributed by atoms with Crippen LogP contribution in [0.3, 0.4) is 0 Å². The Balaban J connectivity index is 1.83. The first-order valence-electron chi connectivity index (χ1n) is 6.94. The minimum Gasteiger partial charge on any atom is -0.381 e. The normalized spacial score (nSPS) is 17.0. The minimum atomic E-state index is -3.57. The molecule has 0 radical (unpaired) electrons. The van der Waals surface area contributed by atoms with Crippen molar-refractivity contribution in [3.8, 4) is 0 Å². The molecule has 0 unspecified atom stereocenters. The highest BCUT2D eigenvalue weighted by molar-refractivity contribution is 8.00. The number of nitrogens with one attached hydrogen (secondary N) is 1. The van der Waals surface area contributed by atoms with Crippen molar-refractivity contribution in [3.05, 3.63) is 29.6 Å². The SMILES string of the molecule is Cc1cc(F)ccc1S(=O)(=O)NCCSC1CCOCC1. The predicted octanol–water partition coefficient (Wildman–Crippen LogP) is 2.32. The molecule has 0 bridgehead atoms. The Morgan fingerprint density at radius 2 is 2.10 bits per heavy atom. The van der Waals surface area contributed by atoms with Crippen molar-refractivity contribution in [2.45, 2.75) is 29.9 Å². The summed E-state index contributed by atoms with van der Waals surface area (Å²) in [5.41, 5.74) is 0.416. The summed E-state index contributed by atoms with van der Waals surface area (Å²) in [5, 5.41) is 0.552. The molecule has 2 rings (SSSR count). The Morgan fingerprint density at radius 1 is 1.38 bits per heavy atom. The van der Waals surface area contributed by atoms with E-state index in [4.69, 9.17) is 4.74 Å². The first-order chi connectivity index (χ1) is 9.99. The maximum atomic E-state index is 13.0. The summed E-state index contributed by atoms with van der Waals surface area (Å²) in [6.45, 7) is 3.55. The van der Waals surface area contributed by atoms with Crippen LogP contribution in [0, 0.1) is 12.7 Å². The lowest BCUT2D eigenvalue weighted by atomic mass is 10.2. The van der Waals surface area contributed by atoms with Gasteiger partial charge >= 0.3 is 0 Å². The zero-order valence-electron chi connectivity index (χ0n) is 12.0. The molecule has 21 heavy (non-hydrogen) atoms. The van der Waals surface area contributed by atoms with Crippen molar-refractivity contribution in [1.29, 1.82) is 0 Å². The first-order valence-corrected chi connectivity index (χ1v) is 9.47. The van der Waals surface area contributed by atoms with Crippen LogP contribution in [0.25, 0.3) is 0 Å². The van der Waals surface area contributed by atoms with E-state index >= 15 is 0 Å². The molecule has 1 heterocycles. The number of ether oxygens (including phenoxy) is 1. The maximum Gasteiger partial charge on any atom is 0.240 e. The third kappa shape index (κ3) is 4.95.